The van der Waals surface area contributed by atoms with Crippen molar-refractivity contribution in [2.75, 3.05) is 13.1 Å². The molecule has 0 aromatic carbocycles. The van der Waals surface area contributed by atoms with Crippen LogP contribution in [0.15, 0.2) is 0 Å². The highest BCUT2D eigenvalue weighted by Crippen LogP contribution is 1.94. The predicted octanol–water partition coefficient (Wildman–Crippen LogP) is 0.0857. The molecular weight excluding hydrogens is 166 g/mol. The molecule has 0 bridgehead atoms. The van der Waals surface area contributed by atoms with Crippen molar-refractivity contribution in [1.29, 1.82) is 0 Å². The fraction of sp³-hybridized carbons (Fsp3) is 1.00. The minimum atomic E-state index is 1.06. The number of nitrogens with one attached hydrogen (secondary N) is 1. The molecule has 0 aliphatic carbocycles. The van der Waals surface area contributed by atoms with Gasteiger partial charge in [0.25, 0.3) is 0 Å². The fourth-order valence-corrected chi connectivity index (χ4v) is 0.939. The molecule has 0 saturated heterocycles. The van der Waals surface area contributed by atoms with Gasteiger partial charge in [-0.25, -0.2) is 5.01 Å². The smallest absolute Gasteiger partial charge is 0.0144 e. The minimum absolute atomic E-state index is 1.06. The van der Waals surface area contributed by atoms with E-state index in [0.717, 1.165) is 13.1 Å². The van der Waals surface area contributed by atoms with E-state index in [1.165, 1.54) is 25.7 Å². The third-order valence-electron chi connectivity index (χ3n) is 1.75. The van der Waals surface area contributed by atoms with Crippen molar-refractivity contribution in [2.24, 2.45) is 17.5 Å². The first-order valence-corrected chi connectivity index (χ1v) is 4.89. The van der Waals surface area contributed by atoms with Crippen LogP contribution in [-0.4, -0.2) is 18.1 Å². The van der Waals surface area contributed by atoms with Gasteiger partial charge >= 0.3 is 0 Å². The Labute approximate surface area is 81.5 Å². The molecule has 0 aromatic heterocycles. The van der Waals surface area contributed by atoms with E-state index in [-0.39, 0.29) is 0 Å². The van der Waals surface area contributed by atoms with Gasteiger partial charge in [0, 0.05) is 13.1 Å². The maximum Gasteiger partial charge on any atom is 0.0144 e. The molecule has 82 valence electrons. The Morgan fingerprint density at radius 3 is 1.62 bits per heavy atom. The van der Waals surface area contributed by atoms with Crippen molar-refractivity contribution < 1.29 is 0 Å². The highest BCUT2D eigenvalue weighted by Gasteiger charge is 1.98. The molecule has 7 N–H and O–H groups in total. The lowest BCUT2D eigenvalue weighted by atomic mass is 10.3. The summed E-state index contributed by atoms with van der Waals surface area (Å²) in [5.41, 5.74) is 2.70. The van der Waals surface area contributed by atoms with Gasteiger partial charge in [0.2, 0.25) is 0 Å². The number of nitrogens with zero attached hydrogens (tertiary/aromatic N) is 1. The lowest BCUT2D eigenvalue weighted by molar-refractivity contribution is 0.184. The van der Waals surface area contributed by atoms with Gasteiger partial charge in [0.15, 0.2) is 0 Å². The maximum absolute atomic E-state index is 5.33. The molecule has 0 spiro atoms. The quantitative estimate of drug-likeness (QED) is 0.338. The van der Waals surface area contributed by atoms with Crippen LogP contribution in [0.3, 0.4) is 0 Å². The monoisotopic (exact) mass is 191 g/mol. The third-order valence-corrected chi connectivity index (χ3v) is 1.75. The van der Waals surface area contributed by atoms with Gasteiger partial charge in [-0.05, 0) is 12.8 Å². The summed E-state index contributed by atoms with van der Waals surface area (Å²) in [6.07, 6.45) is 4.89. The summed E-state index contributed by atoms with van der Waals surface area (Å²) in [7, 11) is 0. The van der Waals surface area contributed by atoms with Crippen LogP contribution in [-0.2, 0) is 0 Å². The van der Waals surface area contributed by atoms with E-state index in [2.05, 4.69) is 36.1 Å². The number of hydrogen-bond donors (Lipinski definition) is 4. The zero-order chi connectivity index (χ0) is 10.5. The van der Waals surface area contributed by atoms with Gasteiger partial charge in [-0.15, -0.1) is 0 Å². The zero-order valence-electron chi connectivity index (χ0n) is 8.92. The molecule has 0 aliphatic heterocycles. The molecule has 0 radical (unpaired) electrons. The second-order valence-corrected chi connectivity index (χ2v) is 2.82. The molecule has 0 aromatic rings. The van der Waals surface area contributed by atoms with Crippen molar-refractivity contribution in [2.45, 2.75) is 39.5 Å². The number of nitrogens with two attached hydrogens (primary N) is 3. The molecule has 0 saturated carbocycles. The highest BCUT2D eigenvalue weighted by molar-refractivity contribution is 4.48. The summed E-state index contributed by atoms with van der Waals surface area (Å²) in [6, 6.07) is 0. The number of rotatable bonds is 7. The first kappa shape index (κ1) is 15.3. The Morgan fingerprint density at radius 1 is 1.00 bits per heavy atom. The summed E-state index contributed by atoms with van der Waals surface area (Å²) < 4.78 is 0. The molecule has 0 fully saturated rings. The van der Waals surface area contributed by atoms with Gasteiger partial charge in [0.1, 0.15) is 0 Å². The van der Waals surface area contributed by atoms with Crippen LogP contribution in [0, 0.1) is 0 Å². The first-order valence-electron chi connectivity index (χ1n) is 4.89. The van der Waals surface area contributed by atoms with Crippen LogP contribution < -0.4 is 23.1 Å². The Bertz CT molecular complexity index is 70.9. The van der Waals surface area contributed by atoms with E-state index >= 15 is 0 Å². The molecule has 0 unspecified atom stereocenters. The Hall–Kier alpha value is -0.200. The highest BCUT2D eigenvalue weighted by atomic mass is 15.6. The zero-order valence-corrected chi connectivity index (χ0v) is 8.92. The summed E-state index contributed by atoms with van der Waals surface area (Å²) in [4.78, 5) is 0. The van der Waals surface area contributed by atoms with Gasteiger partial charge < -0.3 is 0 Å². The van der Waals surface area contributed by atoms with Crippen LogP contribution in [0.2, 0.25) is 0 Å². The molecule has 5 nitrogen and oxygen atoms in total. The summed E-state index contributed by atoms with van der Waals surface area (Å²) in [5.74, 6) is 13.3. The van der Waals surface area contributed by atoms with Gasteiger partial charge in [-0.2, -0.15) is 5.53 Å². The second kappa shape index (κ2) is 14.3. The van der Waals surface area contributed by atoms with E-state index in [9.17, 15) is 0 Å². The van der Waals surface area contributed by atoms with Gasteiger partial charge in [-0.1, -0.05) is 26.7 Å². The predicted molar refractivity (Wildman–Crippen MR) is 57.1 cm³/mol. The van der Waals surface area contributed by atoms with Crippen LogP contribution in [0.4, 0.5) is 0 Å². The summed E-state index contributed by atoms with van der Waals surface area (Å²) in [6.45, 7) is 6.50. The van der Waals surface area contributed by atoms with Crippen molar-refractivity contribution in [3.8, 4) is 0 Å². The Balaban J connectivity index is 0. The van der Waals surface area contributed by atoms with Gasteiger partial charge in [-0.3, -0.25) is 17.5 Å². The van der Waals surface area contributed by atoms with Crippen molar-refractivity contribution in [1.82, 2.24) is 10.5 Å². The molecule has 0 heterocycles. The molecule has 13 heavy (non-hydrogen) atoms. The number of hydrazine groups is 3. The van der Waals surface area contributed by atoms with Crippen molar-refractivity contribution >= 4 is 0 Å². The topological polar surface area (TPSA) is 93.3 Å². The molecule has 0 rings (SSSR count). The van der Waals surface area contributed by atoms with E-state index in [4.69, 9.17) is 5.84 Å². The van der Waals surface area contributed by atoms with Crippen LogP contribution >= 0.6 is 0 Å². The fourth-order valence-electron chi connectivity index (χ4n) is 0.939. The largest absolute Gasteiger partial charge is 0.274 e. The van der Waals surface area contributed by atoms with Crippen molar-refractivity contribution in [3.05, 3.63) is 0 Å². The van der Waals surface area contributed by atoms with E-state index in [1.807, 2.05) is 0 Å². The molecule has 0 atom stereocenters. The Kier molecular flexibility index (Phi) is 16.8. The standard InChI is InChI=1S/C8H21N3.H4N2/c1-3-5-7-11(10-9)8-6-4-2;1-2/h10H,3-9H2,1-2H3;1-2H2. The lowest BCUT2D eigenvalue weighted by Crippen LogP contribution is -2.43. The lowest BCUT2D eigenvalue weighted by Gasteiger charge is -2.19. The average molecular weight is 191 g/mol. The summed E-state index contributed by atoms with van der Waals surface area (Å²) >= 11 is 0. The molecule has 0 aliphatic rings. The van der Waals surface area contributed by atoms with E-state index < -0.39 is 0 Å². The van der Waals surface area contributed by atoms with E-state index in [1.54, 1.807) is 0 Å². The molecule has 0 amide bonds. The molecular formula is C8H25N5. The average Bonchev–Trinajstić information content (AvgIpc) is 2.21. The normalized spacial score (nSPS) is 9.69. The minimum Gasteiger partial charge on any atom is -0.274 e. The van der Waals surface area contributed by atoms with Crippen molar-refractivity contribution in [3.63, 3.8) is 0 Å². The maximum atomic E-state index is 5.33. The number of hydrogen-bond acceptors (Lipinski definition) is 5. The first-order chi connectivity index (χ1) is 6.35. The van der Waals surface area contributed by atoms with Gasteiger partial charge in [0.05, 0.1) is 0 Å². The van der Waals surface area contributed by atoms with Crippen LogP contribution in [0.1, 0.15) is 39.5 Å². The summed E-state index contributed by atoms with van der Waals surface area (Å²) in [5, 5.41) is 2.08. The third kappa shape index (κ3) is 11.8. The SMILES string of the molecule is CCCCN(CCCC)NN.NN. The van der Waals surface area contributed by atoms with Crippen LogP contribution in [0.5, 0.6) is 0 Å². The van der Waals surface area contributed by atoms with Crippen LogP contribution in [0.25, 0.3) is 0 Å². The molecule has 5 heteroatoms. The van der Waals surface area contributed by atoms with E-state index in [0.29, 0.717) is 0 Å². The number of unbranched alkanes of at least 4 members (excludes halogenated alkanes) is 2. The second-order valence-electron chi connectivity index (χ2n) is 2.82. The Morgan fingerprint density at radius 2 is 1.38 bits per heavy atom.